The number of hydrogen-bond donors (Lipinski definition) is 3. The summed E-state index contributed by atoms with van der Waals surface area (Å²) in [4.78, 5) is 25.6. The normalized spacial score (nSPS) is 17.8. The molecule has 0 amide bonds. The number of aliphatic carboxylic acids is 2. The van der Waals surface area contributed by atoms with E-state index >= 15 is 0 Å². The number of unbranched alkanes of at least 4 members (excludes halogenated alkanes) is 12. The zero-order valence-electron chi connectivity index (χ0n) is 24.9. The number of allylic oxidation sites excluding steroid dienone is 2. The summed E-state index contributed by atoms with van der Waals surface area (Å²) in [6, 6.07) is 0. The van der Waals surface area contributed by atoms with Crippen LogP contribution < -0.4 is 0 Å². The number of likely N-dealkylation sites (N-methyl/N-ethyl adjacent to an activating group) is 1. The second-order valence-electron chi connectivity index (χ2n) is 11.5. The predicted molar refractivity (Wildman–Crippen MR) is 156 cm³/mol. The molecule has 3 N–H and O–H groups in total. The Labute approximate surface area is 231 Å². The number of carboxylic acids is 2. The topological polar surface area (TPSA) is 107 Å². The van der Waals surface area contributed by atoms with Gasteiger partial charge >= 0.3 is 11.9 Å². The fraction of sp³-hybridized carbons (Fsp3) is 0.767. The van der Waals surface area contributed by atoms with Crippen molar-refractivity contribution in [2.75, 3.05) is 34.2 Å². The Hall–Kier alpha value is -2.03. The van der Waals surface area contributed by atoms with Crippen molar-refractivity contribution in [1.82, 2.24) is 0 Å². The summed E-state index contributed by atoms with van der Waals surface area (Å²) in [5, 5.41) is 27.6. The molecule has 0 aliphatic carbocycles. The molecule has 1 heterocycles. The number of carboxylic acid groups (broad SMARTS) is 2. The maximum Gasteiger partial charge on any atom is 0.360 e. The van der Waals surface area contributed by atoms with Gasteiger partial charge in [-0.15, -0.1) is 0 Å². The molecule has 38 heavy (non-hydrogen) atoms. The summed E-state index contributed by atoms with van der Waals surface area (Å²) in [5.74, 6) is -0.906. The van der Waals surface area contributed by atoms with Crippen LogP contribution in [0.3, 0.4) is 0 Å². The average Bonchev–Trinajstić information content (AvgIpc) is 3.20. The number of quaternary nitrogens is 2. The smallest absolute Gasteiger partial charge is 0.360 e. The molecule has 1 aliphatic heterocycles. The predicted octanol–water partition coefficient (Wildman–Crippen LogP) is 6.31. The molecule has 220 valence electrons. The minimum absolute atomic E-state index is 0.0552. The maximum atomic E-state index is 11.2. The molecule has 0 fully saturated rings. The van der Waals surface area contributed by atoms with E-state index in [9.17, 15) is 19.8 Å². The van der Waals surface area contributed by atoms with Crippen LogP contribution in [0.4, 0.5) is 0 Å². The lowest BCUT2D eigenvalue weighted by molar-refractivity contribution is -0.862. The third-order valence-electron chi connectivity index (χ3n) is 6.62. The van der Waals surface area contributed by atoms with E-state index in [1.807, 2.05) is 21.1 Å². The highest BCUT2D eigenvalue weighted by Crippen LogP contribution is 2.24. The summed E-state index contributed by atoms with van der Waals surface area (Å²) in [7, 11) is 5.52. The van der Waals surface area contributed by atoms with Crippen LogP contribution in [0.5, 0.6) is 0 Å². The molecule has 1 aliphatic rings. The van der Waals surface area contributed by atoms with Gasteiger partial charge in [0.15, 0.2) is 19.3 Å². The number of hydrogen-bond acceptors (Lipinski definition) is 4. The molecular weight excluding hydrogens is 482 g/mol. The van der Waals surface area contributed by atoms with Crippen LogP contribution in [0.15, 0.2) is 29.5 Å². The Morgan fingerprint density at radius 1 is 0.868 bits per heavy atom. The van der Waals surface area contributed by atoms with Gasteiger partial charge in [-0.2, -0.15) is 0 Å². The largest absolute Gasteiger partial charge is 0.477 e. The first-order valence-electron chi connectivity index (χ1n) is 14.6. The Kier molecular flexibility index (Phi) is 19.8. The van der Waals surface area contributed by atoms with Crippen LogP contribution in [0, 0.1) is 0 Å². The van der Waals surface area contributed by atoms with Crippen molar-refractivity contribution in [3.8, 4) is 0 Å². The molecule has 0 saturated carbocycles. The van der Waals surface area contributed by atoms with Crippen molar-refractivity contribution in [3.05, 3.63) is 24.6 Å². The lowest BCUT2D eigenvalue weighted by Crippen LogP contribution is -2.55. The van der Waals surface area contributed by atoms with E-state index in [4.69, 9.17) is 5.11 Å². The third kappa shape index (κ3) is 18.3. The van der Waals surface area contributed by atoms with Crippen LogP contribution in [0.1, 0.15) is 110 Å². The average molecular weight is 540 g/mol. The Morgan fingerprint density at radius 3 is 1.79 bits per heavy atom. The number of nitrogens with zero attached hydrogens (tertiary/aromatic N) is 3. The van der Waals surface area contributed by atoms with Gasteiger partial charge in [-0.1, -0.05) is 76.9 Å². The lowest BCUT2D eigenvalue weighted by Gasteiger charge is -2.33. The number of aliphatic imine (C=N–C) groups is 1. The van der Waals surface area contributed by atoms with Crippen molar-refractivity contribution in [1.29, 1.82) is 0 Å². The number of aliphatic hydroxyl groups is 1. The second-order valence-corrected chi connectivity index (χ2v) is 11.5. The molecule has 0 aromatic rings. The van der Waals surface area contributed by atoms with Crippen LogP contribution in [0.25, 0.3) is 0 Å². The second kappa shape index (κ2) is 20.9. The molecule has 0 bridgehead atoms. The van der Waals surface area contributed by atoms with Crippen molar-refractivity contribution >= 4 is 17.8 Å². The van der Waals surface area contributed by atoms with Gasteiger partial charge in [0, 0.05) is 13.3 Å². The van der Waals surface area contributed by atoms with E-state index < -0.39 is 18.2 Å². The Balaban J connectivity index is 0.00000147. The first-order chi connectivity index (χ1) is 17.9. The number of carbonyl (C=O) groups is 2. The summed E-state index contributed by atoms with van der Waals surface area (Å²) < 4.78 is 0.426. The fourth-order valence-corrected chi connectivity index (χ4v) is 4.48. The maximum absolute atomic E-state index is 11.2. The van der Waals surface area contributed by atoms with Crippen LogP contribution in [0.2, 0.25) is 0 Å². The minimum atomic E-state index is -0.920. The van der Waals surface area contributed by atoms with Crippen LogP contribution in [-0.4, -0.2) is 82.5 Å². The number of aliphatic hydroxyl groups excluding tert-OH is 1. The van der Waals surface area contributed by atoms with E-state index in [-0.39, 0.29) is 17.6 Å². The molecule has 0 aromatic heterocycles. The van der Waals surface area contributed by atoms with Gasteiger partial charge in [-0.25, -0.2) is 19.1 Å². The molecule has 8 nitrogen and oxygen atoms in total. The molecule has 2 unspecified atom stereocenters. The summed E-state index contributed by atoms with van der Waals surface area (Å²) in [6.07, 6.45) is 25.7. The van der Waals surface area contributed by atoms with Gasteiger partial charge in [0.2, 0.25) is 5.84 Å². The highest BCUT2D eigenvalue weighted by Gasteiger charge is 2.41. The number of amidine groups is 1. The Bertz CT molecular complexity index is 741. The van der Waals surface area contributed by atoms with Gasteiger partial charge in [0.1, 0.15) is 6.20 Å². The zero-order valence-corrected chi connectivity index (χ0v) is 24.9. The highest BCUT2D eigenvalue weighted by molar-refractivity contribution is 5.81. The first kappa shape index (κ1) is 36.0. The van der Waals surface area contributed by atoms with Gasteiger partial charge in [0.25, 0.3) is 0 Å². The van der Waals surface area contributed by atoms with Gasteiger partial charge in [0.05, 0.1) is 27.3 Å². The van der Waals surface area contributed by atoms with Crippen molar-refractivity contribution < 1.29 is 33.9 Å². The van der Waals surface area contributed by atoms with Crippen molar-refractivity contribution in [2.45, 2.75) is 116 Å². The number of rotatable bonds is 21. The first-order valence-corrected chi connectivity index (χ1v) is 14.6. The SMILES string of the molecule is CCCCCCCC/C=C\CCCCCCCCC1=NC=C[N+]1(CC(=O)O)C(C)O.C[N+](C)(C)CC(=O)O. The van der Waals surface area contributed by atoms with Crippen LogP contribution in [-0.2, 0) is 9.59 Å². The van der Waals surface area contributed by atoms with E-state index in [0.29, 0.717) is 4.48 Å². The monoisotopic (exact) mass is 539 g/mol. The zero-order chi connectivity index (χ0) is 28.9. The molecule has 0 radical (unpaired) electrons. The fourth-order valence-electron chi connectivity index (χ4n) is 4.48. The van der Waals surface area contributed by atoms with E-state index in [2.05, 4.69) is 24.1 Å². The van der Waals surface area contributed by atoms with E-state index in [1.165, 1.54) is 77.0 Å². The van der Waals surface area contributed by atoms with Gasteiger partial charge in [-0.05, 0) is 32.1 Å². The third-order valence-corrected chi connectivity index (χ3v) is 6.62. The summed E-state index contributed by atoms with van der Waals surface area (Å²) in [5.41, 5.74) is 0. The van der Waals surface area contributed by atoms with E-state index in [1.54, 1.807) is 19.3 Å². The summed E-state index contributed by atoms with van der Waals surface area (Å²) >= 11 is 0. The van der Waals surface area contributed by atoms with Gasteiger partial charge in [-0.3, -0.25) is 0 Å². The molecule has 2 atom stereocenters. The molecule has 0 spiro atoms. The molecule has 8 heteroatoms. The Morgan fingerprint density at radius 2 is 1.37 bits per heavy atom. The lowest BCUT2D eigenvalue weighted by atomic mass is 10.1. The minimum Gasteiger partial charge on any atom is -0.477 e. The molecular formula is C30H57N3O5+2. The van der Waals surface area contributed by atoms with E-state index in [0.717, 1.165) is 25.1 Å². The van der Waals surface area contributed by atoms with Crippen molar-refractivity contribution in [2.24, 2.45) is 4.99 Å². The van der Waals surface area contributed by atoms with Crippen LogP contribution >= 0.6 is 0 Å². The standard InChI is InChI=1S/C25H44N2O3.C5H11NO2/c1-3-4-5-6-7-8-9-10-11-12-13-14-15-16-17-18-19-24-26-20-21-27(24,23(2)28)22-25(29)30;1-6(2,3)4-5(7)8/h10-11,20-21,23,28H,3-9,12-19,22H2,1-2H3;4H2,1-3H3/p+2/b11-10-;. The molecule has 1 rings (SSSR count). The van der Waals surface area contributed by atoms with Crippen molar-refractivity contribution in [3.63, 3.8) is 0 Å². The van der Waals surface area contributed by atoms with Gasteiger partial charge < -0.3 is 19.8 Å². The highest BCUT2D eigenvalue weighted by atomic mass is 16.4. The quantitative estimate of drug-likeness (QED) is 0.0899. The molecule has 0 saturated heterocycles. The molecule has 0 aromatic carbocycles. The summed E-state index contributed by atoms with van der Waals surface area (Å²) in [6.45, 7) is 3.92.